The van der Waals surface area contributed by atoms with E-state index in [4.69, 9.17) is 5.26 Å². The van der Waals surface area contributed by atoms with Gasteiger partial charge in [0.2, 0.25) is 0 Å². The fourth-order valence-electron chi connectivity index (χ4n) is 0.297. The van der Waals surface area contributed by atoms with E-state index in [1.807, 2.05) is 19.1 Å². The smallest absolute Gasteiger partial charge is 0.0985 e. The average Bonchev–Trinajstić information content (AvgIpc) is 1.83. The minimum absolute atomic E-state index is 0.520. The van der Waals surface area contributed by atoms with Crippen molar-refractivity contribution in [3.8, 4) is 6.07 Å². The zero-order valence-electron chi connectivity index (χ0n) is 5.02. The quantitative estimate of drug-likeness (QED) is 0.391. The van der Waals surface area contributed by atoms with Crippen LogP contribution in [0.2, 0.25) is 0 Å². The molecule has 0 aromatic rings. The van der Waals surface area contributed by atoms with E-state index < -0.39 is 0 Å². The number of hydrogen-bond acceptors (Lipinski definition) is 1. The van der Waals surface area contributed by atoms with Gasteiger partial charge in [0.1, 0.15) is 0 Å². The Morgan fingerprint density at radius 3 is 2.88 bits per heavy atom. The third-order valence-corrected chi connectivity index (χ3v) is 0.698. The fraction of sp³-hybridized carbons (Fsp3) is 0.286. The predicted octanol–water partition coefficient (Wildman–Crippen LogP) is 2.03. The van der Waals surface area contributed by atoms with Crippen molar-refractivity contribution in [1.29, 1.82) is 5.26 Å². The molecule has 0 N–H and O–H groups in total. The van der Waals surface area contributed by atoms with E-state index in [1.54, 1.807) is 6.08 Å². The molecule has 0 saturated heterocycles. The van der Waals surface area contributed by atoms with Gasteiger partial charge < -0.3 is 0 Å². The van der Waals surface area contributed by atoms with Crippen LogP contribution < -0.4 is 0 Å². The molecule has 0 atom stereocenters. The first kappa shape index (κ1) is 6.97. The number of rotatable bonds is 2. The molecule has 0 saturated carbocycles. The summed E-state index contributed by atoms with van der Waals surface area (Å²) in [5.41, 5.74) is 0.520. The highest BCUT2D eigenvalue weighted by atomic mass is 14.2. The summed E-state index contributed by atoms with van der Waals surface area (Å²) < 4.78 is 0. The van der Waals surface area contributed by atoms with Crippen molar-refractivity contribution in [3.63, 3.8) is 0 Å². The van der Waals surface area contributed by atoms with Crippen LogP contribution in [0.15, 0.2) is 24.3 Å². The van der Waals surface area contributed by atoms with Gasteiger partial charge in [0.25, 0.3) is 0 Å². The van der Waals surface area contributed by atoms with E-state index in [1.165, 1.54) is 0 Å². The second-order valence-electron chi connectivity index (χ2n) is 1.45. The molecule has 0 aromatic carbocycles. The lowest BCUT2D eigenvalue weighted by Crippen LogP contribution is -1.62. The van der Waals surface area contributed by atoms with Crippen molar-refractivity contribution in [2.24, 2.45) is 0 Å². The summed E-state index contributed by atoms with van der Waals surface area (Å²) in [6, 6.07) is 1.92. The lowest BCUT2D eigenvalue weighted by molar-refractivity contribution is 1.22. The van der Waals surface area contributed by atoms with E-state index in [9.17, 15) is 0 Å². The Balaban J connectivity index is 3.58. The maximum absolute atomic E-state index is 8.16. The van der Waals surface area contributed by atoms with Gasteiger partial charge in [-0.1, -0.05) is 19.6 Å². The molecule has 1 nitrogen and oxygen atoms in total. The van der Waals surface area contributed by atoms with Crippen LogP contribution in [0.3, 0.4) is 0 Å². The second-order valence-corrected chi connectivity index (χ2v) is 1.45. The van der Waals surface area contributed by atoms with E-state index in [0.29, 0.717) is 5.57 Å². The van der Waals surface area contributed by atoms with Gasteiger partial charge in [0, 0.05) is 5.57 Å². The Morgan fingerprint density at radius 1 is 1.88 bits per heavy atom. The molecule has 0 rings (SSSR count). The Bertz CT molecular complexity index is 137. The normalized spacial score (nSPS) is 9.00. The Hall–Kier alpha value is -1.03. The van der Waals surface area contributed by atoms with Crippen LogP contribution in [-0.4, -0.2) is 0 Å². The highest BCUT2D eigenvalue weighted by molar-refractivity contribution is 5.28. The Kier molecular flexibility index (Phi) is 3.60. The highest BCUT2D eigenvalue weighted by Gasteiger charge is 1.76. The average molecular weight is 107 g/mol. The van der Waals surface area contributed by atoms with Crippen molar-refractivity contribution < 1.29 is 0 Å². The second kappa shape index (κ2) is 4.14. The molecule has 0 aliphatic heterocycles. The maximum atomic E-state index is 8.16. The molecule has 0 spiro atoms. The van der Waals surface area contributed by atoms with Crippen molar-refractivity contribution in [2.45, 2.75) is 13.3 Å². The van der Waals surface area contributed by atoms with Crippen LogP contribution in [0.5, 0.6) is 0 Å². The van der Waals surface area contributed by atoms with E-state index in [-0.39, 0.29) is 0 Å². The summed E-state index contributed by atoms with van der Waals surface area (Å²) in [6.07, 6.45) is 4.59. The van der Waals surface area contributed by atoms with Crippen LogP contribution in [0.25, 0.3) is 0 Å². The monoisotopic (exact) mass is 107 g/mol. The van der Waals surface area contributed by atoms with E-state index in [0.717, 1.165) is 6.42 Å². The van der Waals surface area contributed by atoms with E-state index in [2.05, 4.69) is 6.58 Å². The molecule has 42 valence electrons. The van der Waals surface area contributed by atoms with Crippen molar-refractivity contribution in [3.05, 3.63) is 24.3 Å². The molecule has 0 fully saturated rings. The molecular weight excluding hydrogens is 98.1 g/mol. The number of hydrogen-bond donors (Lipinski definition) is 0. The predicted molar refractivity (Wildman–Crippen MR) is 34.2 cm³/mol. The Labute approximate surface area is 49.9 Å². The van der Waals surface area contributed by atoms with Gasteiger partial charge in [-0.25, -0.2) is 0 Å². The van der Waals surface area contributed by atoms with Gasteiger partial charge in [0.05, 0.1) is 6.07 Å². The summed E-state index contributed by atoms with van der Waals surface area (Å²) in [6.45, 7) is 5.48. The first-order valence-electron chi connectivity index (χ1n) is 2.56. The third-order valence-electron chi connectivity index (χ3n) is 0.698. The van der Waals surface area contributed by atoms with Gasteiger partial charge in [0.15, 0.2) is 0 Å². The molecular formula is C7H9N. The molecule has 0 aromatic heterocycles. The van der Waals surface area contributed by atoms with Crippen LogP contribution in [-0.2, 0) is 0 Å². The van der Waals surface area contributed by atoms with Gasteiger partial charge in [-0.2, -0.15) is 5.26 Å². The first-order chi connectivity index (χ1) is 3.81. The molecule has 0 unspecified atom stereocenters. The summed E-state index contributed by atoms with van der Waals surface area (Å²) in [5.74, 6) is 0. The van der Waals surface area contributed by atoms with Crippen molar-refractivity contribution in [1.82, 2.24) is 0 Å². The summed E-state index contributed by atoms with van der Waals surface area (Å²) in [4.78, 5) is 0. The highest BCUT2D eigenvalue weighted by Crippen LogP contribution is 1.89. The van der Waals surface area contributed by atoms with Gasteiger partial charge in [-0.05, 0) is 12.5 Å². The molecule has 0 radical (unpaired) electrons. The van der Waals surface area contributed by atoms with Crippen LogP contribution >= 0.6 is 0 Å². The van der Waals surface area contributed by atoms with Crippen LogP contribution in [0, 0.1) is 11.3 Å². The minimum atomic E-state index is 0.520. The third kappa shape index (κ3) is 3.17. The largest absolute Gasteiger partial charge is 0.192 e. The molecule has 0 aliphatic rings. The number of nitriles is 1. The number of nitrogens with zero attached hydrogens (tertiary/aromatic N) is 1. The minimum Gasteiger partial charge on any atom is -0.192 e. The van der Waals surface area contributed by atoms with E-state index >= 15 is 0 Å². The topological polar surface area (TPSA) is 23.8 Å². The van der Waals surface area contributed by atoms with Crippen LogP contribution in [0.4, 0.5) is 0 Å². The summed E-state index contributed by atoms with van der Waals surface area (Å²) >= 11 is 0. The summed E-state index contributed by atoms with van der Waals surface area (Å²) in [5, 5.41) is 8.16. The van der Waals surface area contributed by atoms with Crippen molar-refractivity contribution >= 4 is 0 Å². The molecule has 0 bridgehead atoms. The van der Waals surface area contributed by atoms with Gasteiger partial charge in [-0.15, -0.1) is 0 Å². The van der Waals surface area contributed by atoms with Crippen molar-refractivity contribution in [2.75, 3.05) is 0 Å². The Morgan fingerprint density at radius 2 is 2.50 bits per heavy atom. The molecule has 0 heterocycles. The van der Waals surface area contributed by atoms with Gasteiger partial charge in [-0.3, -0.25) is 0 Å². The molecule has 0 aliphatic carbocycles. The molecule has 0 amide bonds. The zero-order chi connectivity index (χ0) is 6.41. The van der Waals surface area contributed by atoms with Crippen LogP contribution in [0.1, 0.15) is 13.3 Å². The SMILES string of the molecule is C=C(C#N)/C=C\CC. The standard InChI is InChI=1S/C7H9N/c1-3-4-5-7(2)6-8/h4-5H,2-3H2,1H3/b5-4-. The molecule has 1 heteroatoms. The first-order valence-corrected chi connectivity index (χ1v) is 2.56. The van der Waals surface area contributed by atoms with Gasteiger partial charge >= 0.3 is 0 Å². The fourth-order valence-corrected chi connectivity index (χ4v) is 0.297. The number of allylic oxidation sites excluding steroid dienone is 3. The summed E-state index contributed by atoms with van der Waals surface area (Å²) in [7, 11) is 0. The lowest BCUT2D eigenvalue weighted by atomic mass is 10.3. The maximum Gasteiger partial charge on any atom is 0.0985 e. The molecule has 8 heavy (non-hydrogen) atoms. The zero-order valence-corrected chi connectivity index (χ0v) is 5.02. The lowest BCUT2D eigenvalue weighted by Gasteiger charge is -1.77.